The van der Waals surface area contributed by atoms with Gasteiger partial charge >= 0.3 is 29.6 Å². The molecule has 1 unspecified atom stereocenters. The smallest absolute Gasteiger partial charge is 0.549 e. The Balaban J connectivity index is 0.00000280. The van der Waals surface area contributed by atoms with Crippen molar-refractivity contribution in [3.05, 3.63) is 106 Å². The van der Waals surface area contributed by atoms with E-state index in [2.05, 4.69) is 0 Å². The first-order valence-electron chi connectivity index (χ1n) is 9.04. The van der Waals surface area contributed by atoms with Crippen LogP contribution < -0.4 is 34.7 Å². The van der Waals surface area contributed by atoms with Crippen molar-refractivity contribution in [3.63, 3.8) is 0 Å². The monoisotopic (exact) mass is 378 g/mol. The molecule has 1 atom stereocenters. The van der Waals surface area contributed by atoms with Gasteiger partial charge in [-0.15, -0.1) is 0 Å². The molecule has 0 heterocycles. The van der Waals surface area contributed by atoms with Crippen molar-refractivity contribution in [1.29, 1.82) is 0 Å². The molecular weight excluding hydrogens is 355 g/mol. The first-order valence-corrected chi connectivity index (χ1v) is 9.04. The van der Waals surface area contributed by atoms with Crippen LogP contribution in [0.2, 0.25) is 0 Å². The van der Waals surface area contributed by atoms with E-state index in [9.17, 15) is 9.90 Å². The Hall–Kier alpha value is -2.13. The van der Waals surface area contributed by atoms with Crippen molar-refractivity contribution in [2.75, 3.05) is 0 Å². The normalized spacial score (nSPS) is 13.0. The molecule has 0 fully saturated rings. The number of aryl methyl sites for hydroxylation is 2. The molecule has 0 aliphatic carbocycles. The van der Waals surface area contributed by atoms with Crippen molar-refractivity contribution in [2.45, 2.75) is 26.2 Å². The van der Waals surface area contributed by atoms with E-state index in [4.69, 9.17) is 0 Å². The quantitative estimate of drug-likeness (QED) is 0.499. The number of carbonyl (C=O) groups is 1. The topological polar surface area (TPSA) is 40.1 Å². The summed E-state index contributed by atoms with van der Waals surface area (Å²) < 4.78 is 0. The first kappa shape index (κ1) is 22.2. The molecule has 3 heteroatoms. The predicted octanol–water partition coefficient (Wildman–Crippen LogP) is 1.53. The zero-order valence-corrected chi connectivity index (χ0v) is 18.9. The van der Waals surface area contributed by atoms with E-state index in [-0.39, 0.29) is 29.6 Å². The van der Waals surface area contributed by atoms with E-state index in [0.29, 0.717) is 5.56 Å². The third-order valence-corrected chi connectivity index (χ3v) is 5.04. The molecule has 28 heavy (non-hydrogen) atoms. The van der Waals surface area contributed by atoms with Crippen molar-refractivity contribution in [2.24, 2.45) is 0 Å². The van der Waals surface area contributed by atoms with E-state index in [1.807, 2.05) is 98.8 Å². The van der Waals surface area contributed by atoms with Gasteiger partial charge in [0.15, 0.2) is 0 Å². The molecule has 0 radical (unpaired) electrons. The van der Waals surface area contributed by atoms with Gasteiger partial charge in [-0.25, -0.2) is 0 Å². The molecular formula is C25H23NaO2. The summed E-state index contributed by atoms with van der Waals surface area (Å²) in [6.07, 6.45) is 3.98. The molecule has 3 aromatic carbocycles. The van der Waals surface area contributed by atoms with Crippen LogP contribution in [-0.2, 0) is 10.2 Å². The van der Waals surface area contributed by atoms with Crippen molar-refractivity contribution >= 4 is 18.1 Å². The third kappa shape index (κ3) is 4.64. The van der Waals surface area contributed by atoms with E-state index in [0.717, 1.165) is 27.8 Å². The number of carboxylic acids is 1. The number of carboxylic acid groups (broad SMARTS) is 1. The van der Waals surface area contributed by atoms with Crippen LogP contribution in [0.5, 0.6) is 0 Å². The van der Waals surface area contributed by atoms with Gasteiger partial charge in [0.2, 0.25) is 0 Å². The Morgan fingerprint density at radius 3 is 2.07 bits per heavy atom. The molecule has 0 spiro atoms. The van der Waals surface area contributed by atoms with Crippen molar-refractivity contribution in [1.82, 2.24) is 0 Å². The van der Waals surface area contributed by atoms with Gasteiger partial charge in [-0.05, 0) is 43.0 Å². The molecule has 0 aliphatic heterocycles. The van der Waals surface area contributed by atoms with Crippen LogP contribution in [0, 0.1) is 13.8 Å². The molecule has 0 N–H and O–H groups in total. The van der Waals surface area contributed by atoms with Crippen LogP contribution >= 0.6 is 0 Å². The van der Waals surface area contributed by atoms with E-state index >= 15 is 0 Å². The summed E-state index contributed by atoms with van der Waals surface area (Å²) in [6, 6.07) is 23.4. The third-order valence-electron chi connectivity index (χ3n) is 5.04. The van der Waals surface area contributed by atoms with Crippen molar-refractivity contribution in [3.8, 4) is 0 Å². The second kappa shape index (κ2) is 9.38. The molecule has 3 aromatic rings. The van der Waals surface area contributed by atoms with Crippen molar-refractivity contribution < 1.29 is 39.5 Å². The van der Waals surface area contributed by atoms with Gasteiger partial charge in [0.05, 0.1) is 11.4 Å². The fraction of sp³-hybridized carbons (Fsp3) is 0.160. The van der Waals surface area contributed by atoms with Crippen LogP contribution in [0.3, 0.4) is 0 Å². The molecule has 0 saturated carbocycles. The average Bonchev–Trinajstić information content (AvgIpc) is 2.67. The van der Waals surface area contributed by atoms with Gasteiger partial charge < -0.3 is 9.90 Å². The van der Waals surface area contributed by atoms with Crippen LogP contribution in [-0.4, -0.2) is 5.97 Å². The second-order valence-electron chi connectivity index (χ2n) is 7.11. The van der Waals surface area contributed by atoms with Gasteiger partial charge in [-0.2, -0.15) is 0 Å². The second-order valence-corrected chi connectivity index (χ2v) is 7.11. The largest absolute Gasteiger partial charge is 1.00 e. The molecule has 136 valence electrons. The van der Waals surface area contributed by atoms with Gasteiger partial charge in [0, 0.05) is 0 Å². The summed E-state index contributed by atoms with van der Waals surface area (Å²) in [5, 5.41) is 12.3. The Labute approximate surface area is 189 Å². The van der Waals surface area contributed by atoms with E-state index < -0.39 is 11.4 Å². The summed E-state index contributed by atoms with van der Waals surface area (Å²) in [4.78, 5) is 12.3. The van der Waals surface area contributed by atoms with Gasteiger partial charge in [-0.3, -0.25) is 0 Å². The maximum atomic E-state index is 12.3. The minimum atomic E-state index is -1.24. The zero-order chi connectivity index (χ0) is 19.4. The molecule has 3 rings (SSSR count). The average molecular weight is 378 g/mol. The number of hydrogen-bond acceptors (Lipinski definition) is 2. The zero-order valence-electron chi connectivity index (χ0n) is 16.9. The maximum Gasteiger partial charge on any atom is 1.00 e. The van der Waals surface area contributed by atoms with Crippen LogP contribution in [0.1, 0.15) is 40.3 Å². The molecule has 0 amide bonds. The molecule has 0 bridgehead atoms. The number of rotatable bonds is 5. The number of carbonyl (C=O) groups excluding carboxylic acids is 1. The minimum absolute atomic E-state index is 0. The first-order chi connectivity index (χ1) is 12.9. The fourth-order valence-corrected chi connectivity index (χ4v) is 3.30. The summed E-state index contributed by atoms with van der Waals surface area (Å²) in [5.74, 6) is -1.11. The Bertz CT molecular complexity index is 975. The summed E-state index contributed by atoms with van der Waals surface area (Å²) in [5.41, 5.74) is 4.32. The van der Waals surface area contributed by atoms with Gasteiger partial charge in [0.1, 0.15) is 0 Å². The van der Waals surface area contributed by atoms with E-state index in [1.54, 1.807) is 6.92 Å². The molecule has 0 saturated heterocycles. The van der Waals surface area contributed by atoms with Gasteiger partial charge in [0.25, 0.3) is 0 Å². The number of benzene rings is 3. The number of aliphatic carboxylic acids is 1. The minimum Gasteiger partial charge on any atom is -0.549 e. The van der Waals surface area contributed by atoms with Crippen LogP contribution in [0.15, 0.2) is 72.8 Å². The molecule has 2 nitrogen and oxygen atoms in total. The fourth-order valence-electron chi connectivity index (χ4n) is 3.30. The summed E-state index contributed by atoms with van der Waals surface area (Å²) in [7, 11) is 0. The predicted molar refractivity (Wildman–Crippen MR) is 109 cm³/mol. The maximum absolute atomic E-state index is 12.3. The Morgan fingerprint density at radius 1 is 0.857 bits per heavy atom. The summed E-state index contributed by atoms with van der Waals surface area (Å²) in [6.45, 7) is 5.71. The van der Waals surface area contributed by atoms with Gasteiger partial charge in [-0.1, -0.05) is 96.1 Å². The van der Waals surface area contributed by atoms with Crippen LogP contribution in [0.4, 0.5) is 0 Å². The number of hydrogen-bond donors (Lipinski definition) is 0. The molecule has 0 aliphatic rings. The summed E-state index contributed by atoms with van der Waals surface area (Å²) >= 11 is 0. The Kier molecular flexibility index (Phi) is 7.42. The Morgan fingerprint density at radius 2 is 1.46 bits per heavy atom. The van der Waals surface area contributed by atoms with E-state index in [1.165, 1.54) is 0 Å². The molecule has 0 aromatic heterocycles. The standard InChI is InChI=1S/C25H24O2.Na/c1-18-9-14-22(15-10-18)25(3,24(26)27)23-16-11-19(2)17-21(23)13-12-20-7-5-4-6-8-20;/h4-17H,1-3H3,(H,26,27);/q;+1/p-1/b13-12+;. The SMILES string of the molecule is Cc1ccc(C(C)(C(=O)[O-])c2ccc(C)cc2/C=C/c2ccccc2)cc1.[Na+]. The van der Waals surface area contributed by atoms with Crippen LogP contribution in [0.25, 0.3) is 12.2 Å².